The van der Waals surface area contributed by atoms with Crippen molar-refractivity contribution >= 4 is 11.6 Å². The predicted octanol–water partition coefficient (Wildman–Crippen LogP) is 2.00. The first kappa shape index (κ1) is 14.9. The SMILES string of the molecule is CC(C)NCC1CCCN(c2ccc(C(N)=O)cc2)C1. The van der Waals surface area contributed by atoms with Crippen LogP contribution in [0.2, 0.25) is 0 Å². The molecule has 110 valence electrons. The minimum absolute atomic E-state index is 0.366. The summed E-state index contributed by atoms with van der Waals surface area (Å²) in [5.41, 5.74) is 7.03. The summed E-state index contributed by atoms with van der Waals surface area (Å²) in [6.45, 7) is 7.61. The number of anilines is 1. The third kappa shape index (κ3) is 3.97. The molecule has 1 atom stereocenters. The Labute approximate surface area is 121 Å². The summed E-state index contributed by atoms with van der Waals surface area (Å²) in [6, 6.07) is 8.16. The summed E-state index contributed by atoms with van der Waals surface area (Å²) in [5, 5.41) is 3.52. The molecular formula is C16H25N3O. The first-order valence-electron chi connectivity index (χ1n) is 7.44. The molecule has 0 spiro atoms. The molecular weight excluding hydrogens is 250 g/mol. The zero-order chi connectivity index (χ0) is 14.5. The number of primary amides is 1. The van der Waals surface area contributed by atoms with Gasteiger partial charge in [-0.05, 0) is 49.6 Å². The Bertz CT molecular complexity index is 442. The van der Waals surface area contributed by atoms with Crippen LogP contribution in [0, 0.1) is 5.92 Å². The van der Waals surface area contributed by atoms with E-state index in [1.165, 1.54) is 18.5 Å². The molecule has 0 saturated carbocycles. The van der Waals surface area contributed by atoms with E-state index in [1.54, 1.807) is 0 Å². The lowest BCUT2D eigenvalue weighted by atomic mass is 9.97. The van der Waals surface area contributed by atoms with Crippen molar-refractivity contribution in [2.45, 2.75) is 32.7 Å². The summed E-state index contributed by atoms with van der Waals surface area (Å²) >= 11 is 0. The van der Waals surface area contributed by atoms with Gasteiger partial charge in [-0.1, -0.05) is 13.8 Å². The molecule has 2 rings (SSSR count). The molecule has 4 nitrogen and oxygen atoms in total. The fraction of sp³-hybridized carbons (Fsp3) is 0.562. The van der Waals surface area contributed by atoms with E-state index < -0.39 is 0 Å². The van der Waals surface area contributed by atoms with Gasteiger partial charge in [-0.25, -0.2) is 0 Å². The van der Waals surface area contributed by atoms with Crippen molar-refractivity contribution in [1.29, 1.82) is 0 Å². The van der Waals surface area contributed by atoms with Crippen LogP contribution >= 0.6 is 0 Å². The number of carbonyl (C=O) groups is 1. The van der Waals surface area contributed by atoms with E-state index in [9.17, 15) is 4.79 Å². The largest absolute Gasteiger partial charge is 0.371 e. The van der Waals surface area contributed by atoms with Crippen molar-refractivity contribution in [3.8, 4) is 0 Å². The van der Waals surface area contributed by atoms with E-state index in [0.717, 1.165) is 19.6 Å². The summed E-state index contributed by atoms with van der Waals surface area (Å²) in [7, 11) is 0. The molecule has 0 aromatic heterocycles. The number of hydrogen-bond donors (Lipinski definition) is 2. The van der Waals surface area contributed by atoms with Crippen molar-refractivity contribution in [3.63, 3.8) is 0 Å². The van der Waals surface area contributed by atoms with Gasteiger partial charge in [0.2, 0.25) is 5.91 Å². The van der Waals surface area contributed by atoms with Crippen LogP contribution in [0.25, 0.3) is 0 Å². The first-order valence-corrected chi connectivity index (χ1v) is 7.44. The van der Waals surface area contributed by atoms with Gasteiger partial charge in [0.25, 0.3) is 0 Å². The molecule has 1 fully saturated rings. The Morgan fingerprint density at radius 3 is 2.70 bits per heavy atom. The lowest BCUT2D eigenvalue weighted by molar-refractivity contribution is 0.100. The van der Waals surface area contributed by atoms with E-state index in [0.29, 0.717) is 17.5 Å². The van der Waals surface area contributed by atoms with Crippen LogP contribution in [0.15, 0.2) is 24.3 Å². The van der Waals surface area contributed by atoms with Crippen molar-refractivity contribution in [2.24, 2.45) is 11.7 Å². The molecule has 1 amide bonds. The Balaban J connectivity index is 1.96. The molecule has 1 aromatic carbocycles. The third-order valence-electron chi connectivity index (χ3n) is 3.85. The zero-order valence-corrected chi connectivity index (χ0v) is 12.4. The van der Waals surface area contributed by atoms with Gasteiger partial charge in [-0.3, -0.25) is 4.79 Å². The summed E-state index contributed by atoms with van der Waals surface area (Å²) in [5.74, 6) is 0.330. The molecule has 4 heteroatoms. The maximum atomic E-state index is 11.1. The van der Waals surface area contributed by atoms with Crippen molar-refractivity contribution in [1.82, 2.24) is 5.32 Å². The van der Waals surface area contributed by atoms with Crippen molar-refractivity contribution < 1.29 is 4.79 Å². The minimum Gasteiger partial charge on any atom is -0.371 e. The number of amides is 1. The topological polar surface area (TPSA) is 58.4 Å². The lowest BCUT2D eigenvalue weighted by Gasteiger charge is -2.35. The van der Waals surface area contributed by atoms with Gasteiger partial charge in [0.15, 0.2) is 0 Å². The van der Waals surface area contributed by atoms with Gasteiger partial charge >= 0.3 is 0 Å². The van der Waals surface area contributed by atoms with E-state index >= 15 is 0 Å². The van der Waals surface area contributed by atoms with Crippen molar-refractivity contribution in [3.05, 3.63) is 29.8 Å². The molecule has 1 heterocycles. The normalized spacial score (nSPS) is 19.4. The average Bonchev–Trinajstić information content (AvgIpc) is 2.45. The molecule has 1 aromatic rings. The molecule has 1 aliphatic rings. The monoisotopic (exact) mass is 275 g/mol. The number of hydrogen-bond acceptors (Lipinski definition) is 3. The number of nitrogens with one attached hydrogen (secondary N) is 1. The van der Waals surface area contributed by atoms with Crippen LogP contribution in [-0.4, -0.2) is 31.6 Å². The van der Waals surface area contributed by atoms with Gasteiger partial charge < -0.3 is 16.0 Å². The Morgan fingerprint density at radius 2 is 2.10 bits per heavy atom. The van der Waals surface area contributed by atoms with Crippen molar-refractivity contribution in [2.75, 3.05) is 24.5 Å². The summed E-state index contributed by atoms with van der Waals surface area (Å²) in [6.07, 6.45) is 2.51. The quantitative estimate of drug-likeness (QED) is 0.864. The van der Waals surface area contributed by atoms with Crippen LogP contribution in [0.5, 0.6) is 0 Å². The van der Waals surface area contributed by atoms with Crippen LogP contribution in [0.4, 0.5) is 5.69 Å². The highest BCUT2D eigenvalue weighted by atomic mass is 16.1. The maximum Gasteiger partial charge on any atom is 0.248 e. The smallest absolute Gasteiger partial charge is 0.248 e. The molecule has 3 N–H and O–H groups in total. The number of benzene rings is 1. The standard InChI is InChI=1S/C16H25N3O/c1-12(2)18-10-13-4-3-9-19(11-13)15-7-5-14(6-8-15)16(17)20/h5-8,12-13,18H,3-4,9-11H2,1-2H3,(H2,17,20). The first-order chi connectivity index (χ1) is 9.56. The minimum atomic E-state index is -0.366. The maximum absolute atomic E-state index is 11.1. The van der Waals surface area contributed by atoms with Gasteiger partial charge in [0, 0.05) is 30.4 Å². The number of carbonyl (C=O) groups excluding carboxylic acids is 1. The Hall–Kier alpha value is -1.55. The third-order valence-corrected chi connectivity index (χ3v) is 3.85. The second-order valence-corrected chi connectivity index (χ2v) is 5.93. The average molecular weight is 275 g/mol. The fourth-order valence-corrected chi connectivity index (χ4v) is 2.71. The fourth-order valence-electron chi connectivity index (χ4n) is 2.71. The number of piperidine rings is 1. The van der Waals surface area contributed by atoms with E-state index in [1.807, 2.05) is 24.3 Å². The van der Waals surface area contributed by atoms with Gasteiger partial charge in [0.1, 0.15) is 0 Å². The van der Waals surface area contributed by atoms with Crippen LogP contribution < -0.4 is 16.0 Å². The molecule has 1 saturated heterocycles. The van der Waals surface area contributed by atoms with E-state index in [2.05, 4.69) is 24.1 Å². The highest BCUT2D eigenvalue weighted by molar-refractivity contribution is 5.93. The van der Waals surface area contributed by atoms with Crippen LogP contribution in [0.1, 0.15) is 37.0 Å². The molecule has 20 heavy (non-hydrogen) atoms. The number of nitrogens with two attached hydrogens (primary N) is 1. The summed E-state index contributed by atoms with van der Waals surface area (Å²) in [4.78, 5) is 13.5. The van der Waals surface area contributed by atoms with Gasteiger partial charge in [0.05, 0.1) is 0 Å². The number of rotatable bonds is 5. The molecule has 0 aliphatic carbocycles. The molecule has 1 aliphatic heterocycles. The Kier molecular flexibility index (Phi) is 5.01. The highest BCUT2D eigenvalue weighted by Crippen LogP contribution is 2.23. The lowest BCUT2D eigenvalue weighted by Crippen LogP contribution is -2.41. The van der Waals surface area contributed by atoms with E-state index in [4.69, 9.17) is 5.73 Å². The zero-order valence-electron chi connectivity index (χ0n) is 12.4. The molecule has 0 bridgehead atoms. The number of nitrogens with zero attached hydrogens (tertiary/aromatic N) is 1. The predicted molar refractivity (Wildman–Crippen MR) is 83.0 cm³/mol. The summed E-state index contributed by atoms with van der Waals surface area (Å²) < 4.78 is 0. The molecule has 1 unspecified atom stereocenters. The highest BCUT2D eigenvalue weighted by Gasteiger charge is 2.20. The second kappa shape index (κ2) is 6.75. The Morgan fingerprint density at radius 1 is 1.40 bits per heavy atom. The second-order valence-electron chi connectivity index (χ2n) is 5.93. The van der Waals surface area contributed by atoms with Crippen LogP contribution in [-0.2, 0) is 0 Å². The van der Waals surface area contributed by atoms with Crippen LogP contribution in [0.3, 0.4) is 0 Å². The molecule has 0 radical (unpaired) electrons. The van der Waals surface area contributed by atoms with E-state index in [-0.39, 0.29) is 5.91 Å². The van der Waals surface area contributed by atoms with Gasteiger partial charge in [-0.15, -0.1) is 0 Å². The van der Waals surface area contributed by atoms with Gasteiger partial charge in [-0.2, -0.15) is 0 Å².